The van der Waals surface area contributed by atoms with Gasteiger partial charge >= 0.3 is 12.0 Å². The van der Waals surface area contributed by atoms with Crippen molar-refractivity contribution in [2.24, 2.45) is 0 Å². The smallest absolute Gasteiger partial charge is 0.355 e. The summed E-state index contributed by atoms with van der Waals surface area (Å²) in [6.07, 6.45) is 0.0528. The number of aliphatic hydroxyl groups is 1. The molecule has 0 bridgehead atoms. The van der Waals surface area contributed by atoms with Gasteiger partial charge in [-0.3, -0.25) is 0 Å². The lowest BCUT2D eigenvalue weighted by Gasteiger charge is -2.18. The maximum atomic E-state index is 11.7. The van der Waals surface area contributed by atoms with Crippen molar-refractivity contribution in [1.29, 1.82) is 0 Å². The number of hydrogen-bond donors (Lipinski definition) is 3. The third kappa shape index (κ3) is 5.23. The van der Waals surface area contributed by atoms with Gasteiger partial charge in [-0.15, -0.1) is 11.3 Å². The number of amides is 2. The van der Waals surface area contributed by atoms with Gasteiger partial charge in [-0.1, -0.05) is 0 Å². The van der Waals surface area contributed by atoms with Gasteiger partial charge in [-0.2, -0.15) is 0 Å². The summed E-state index contributed by atoms with van der Waals surface area (Å²) in [4.78, 5) is 27.6. The number of nitrogens with zero attached hydrogens (tertiary/aromatic N) is 2. The van der Waals surface area contributed by atoms with Crippen molar-refractivity contribution in [2.45, 2.75) is 26.0 Å². The highest BCUT2D eigenvalue weighted by Gasteiger charge is 2.12. The van der Waals surface area contributed by atoms with E-state index in [2.05, 4.69) is 10.3 Å². The number of hydrogen-bond acceptors (Lipinski definition) is 5. The van der Waals surface area contributed by atoms with Crippen molar-refractivity contribution in [1.82, 2.24) is 15.2 Å². The van der Waals surface area contributed by atoms with E-state index in [1.807, 2.05) is 0 Å². The summed E-state index contributed by atoms with van der Waals surface area (Å²) in [6.45, 7) is 2.30. The molecule has 0 spiro atoms. The molecular weight excluding hydrogens is 270 g/mol. The monoisotopic (exact) mass is 287 g/mol. The number of aromatic carboxylic acids is 1. The van der Waals surface area contributed by atoms with Gasteiger partial charge in [0.2, 0.25) is 0 Å². The molecule has 1 aromatic heterocycles. The van der Waals surface area contributed by atoms with Crippen molar-refractivity contribution in [2.75, 3.05) is 13.6 Å². The van der Waals surface area contributed by atoms with E-state index in [0.29, 0.717) is 18.0 Å². The van der Waals surface area contributed by atoms with Gasteiger partial charge in [0, 0.05) is 19.0 Å². The molecule has 0 saturated carbocycles. The fraction of sp³-hybridized carbons (Fsp3) is 0.545. The van der Waals surface area contributed by atoms with E-state index in [1.165, 1.54) is 21.6 Å². The average Bonchev–Trinajstić information content (AvgIpc) is 2.81. The van der Waals surface area contributed by atoms with Crippen LogP contribution in [0.4, 0.5) is 4.79 Å². The Hall–Kier alpha value is -1.67. The Morgan fingerprint density at radius 1 is 1.58 bits per heavy atom. The molecule has 2 amide bonds. The van der Waals surface area contributed by atoms with Crippen LogP contribution in [-0.2, 0) is 6.54 Å². The Kier molecular flexibility index (Phi) is 5.71. The summed E-state index contributed by atoms with van der Waals surface area (Å²) >= 11 is 1.18. The van der Waals surface area contributed by atoms with E-state index < -0.39 is 12.1 Å². The van der Waals surface area contributed by atoms with Crippen LogP contribution in [0.2, 0.25) is 0 Å². The van der Waals surface area contributed by atoms with Crippen LogP contribution in [0.25, 0.3) is 0 Å². The Morgan fingerprint density at radius 3 is 2.79 bits per heavy atom. The molecule has 7 nitrogen and oxygen atoms in total. The number of aromatic nitrogens is 1. The average molecular weight is 287 g/mol. The molecule has 0 radical (unpaired) electrons. The van der Waals surface area contributed by atoms with Crippen LogP contribution in [0.5, 0.6) is 0 Å². The summed E-state index contributed by atoms with van der Waals surface area (Å²) in [5.41, 5.74) is -0.0169. The molecule has 106 valence electrons. The summed E-state index contributed by atoms with van der Waals surface area (Å²) in [5.74, 6) is -1.08. The van der Waals surface area contributed by atoms with Gasteiger partial charge in [-0.05, 0) is 13.3 Å². The number of carboxylic acid groups (broad SMARTS) is 1. The quantitative estimate of drug-likeness (QED) is 0.716. The molecule has 0 aliphatic carbocycles. The maximum absolute atomic E-state index is 11.7. The zero-order valence-corrected chi connectivity index (χ0v) is 11.6. The molecule has 0 aromatic carbocycles. The van der Waals surface area contributed by atoms with Crippen LogP contribution in [-0.4, -0.2) is 51.8 Å². The predicted molar refractivity (Wildman–Crippen MR) is 70.2 cm³/mol. The van der Waals surface area contributed by atoms with Gasteiger partial charge in [0.25, 0.3) is 0 Å². The Bertz CT molecular complexity index is 447. The van der Waals surface area contributed by atoms with E-state index in [1.54, 1.807) is 14.0 Å². The zero-order chi connectivity index (χ0) is 14.4. The van der Waals surface area contributed by atoms with Crippen LogP contribution in [0.1, 0.15) is 28.8 Å². The summed E-state index contributed by atoms with van der Waals surface area (Å²) in [7, 11) is 1.63. The molecule has 1 aromatic rings. The zero-order valence-electron chi connectivity index (χ0n) is 10.8. The van der Waals surface area contributed by atoms with Crippen molar-refractivity contribution in [3.63, 3.8) is 0 Å². The highest BCUT2D eigenvalue weighted by Crippen LogP contribution is 2.09. The standard InChI is InChI=1S/C11H17N3O4S/c1-7(15)3-4-14(2)11(18)12-5-9-13-8(6-19-9)10(16)17/h6-7,15H,3-5H2,1-2H3,(H,12,18)(H,16,17). The first-order chi connectivity index (χ1) is 8.90. The fourth-order valence-corrected chi connectivity index (χ4v) is 1.97. The minimum atomic E-state index is -1.08. The van der Waals surface area contributed by atoms with E-state index in [4.69, 9.17) is 10.2 Å². The van der Waals surface area contributed by atoms with Crippen LogP contribution in [0, 0.1) is 0 Å². The Labute approximate surface area is 114 Å². The number of aliphatic hydroxyl groups excluding tert-OH is 1. The number of carbonyl (C=O) groups is 2. The molecule has 8 heteroatoms. The molecular formula is C11H17N3O4S. The fourth-order valence-electron chi connectivity index (χ4n) is 1.26. The maximum Gasteiger partial charge on any atom is 0.355 e. The number of carboxylic acids is 1. The van der Waals surface area contributed by atoms with Gasteiger partial charge < -0.3 is 20.4 Å². The number of carbonyl (C=O) groups excluding carboxylic acids is 1. The second-order valence-electron chi connectivity index (χ2n) is 4.15. The summed E-state index contributed by atoms with van der Waals surface area (Å²) in [6, 6.07) is -0.285. The predicted octanol–water partition coefficient (Wildman–Crippen LogP) is 0.754. The third-order valence-corrected chi connectivity index (χ3v) is 3.24. The molecule has 3 N–H and O–H groups in total. The first-order valence-corrected chi connectivity index (χ1v) is 6.63. The lowest BCUT2D eigenvalue weighted by Crippen LogP contribution is -2.38. The lowest BCUT2D eigenvalue weighted by molar-refractivity contribution is 0.0691. The van der Waals surface area contributed by atoms with Crippen molar-refractivity contribution in [3.8, 4) is 0 Å². The highest BCUT2D eigenvalue weighted by molar-refractivity contribution is 7.09. The molecule has 1 rings (SSSR count). The Balaban J connectivity index is 2.38. The first-order valence-electron chi connectivity index (χ1n) is 5.75. The topological polar surface area (TPSA) is 103 Å². The number of rotatable bonds is 6. The van der Waals surface area contributed by atoms with Crippen molar-refractivity contribution in [3.05, 3.63) is 16.1 Å². The number of urea groups is 1. The molecule has 0 aliphatic rings. The SMILES string of the molecule is CC(O)CCN(C)C(=O)NCc1nc(C(=O)O)cs1. The molecule has 19 heavy (non-hydrogen) atoms. The Morgan fingerprint density at radius 2 is 2.26 bits per heavy atom. The molecule has 1 unspecified atom stereocenters. The van der Waals surface area contributed by atoms with Crippen molar-refractivity contribution >= 4 is 23.3 Å². The summed E-state index contributed by atoms with van der Waals surface area (Å²) < 4.78 is 0. The lowest BCUT2D eigenvalue weighted by atomic mass is 10.3. The normalized spacial score (nSPS) is 11.9. The van der Waals surface area contributed by atoms with E-state index >= 15 is 0 Å². The van der Waals surface area contributed by atoms with E-state index in [9.17, 15) is 9.59 Å². The third-order valence-electron chi connectivity index (χ3n) is 2.39. The molecule has 1 heterocycles. The molecule has 0 fully saturated rings. The summed E-state index contributed by atoms with van der Waals surface area (Å²) in [5, 5.41) is 22.4. The molecule has 1 atom stereocenters. The van der Waals surface area contributed by atoms with Gasteiger partial charge in [0.15, 0.2) is 5.69 Å². The largest absolute Gasteiger partial charge is 0.476 e. The first kappa shape index (κ1) is 15.4. The van der Waals surface area contributed by atoms with E-state index in [-0.39, 0.29) is 18.3 Å². The second kappa shape index (κ2) is 7.05. The highest BCUT2D eigenvalue weighted by atomic mass is 32.1. The number of thiazole rings is 1. The number of nitrogens with one attached hydrogen (secondary N) is 1. The van der Waals surface area contributed by atoms with Crippen LogP contribution < -0.4 is 5.32 Å². The second-order valence-corrected chi connectivity index (χ2v) is 5.09. The van der Waals surface area contributed by atoms with Gasteiger partial charge in [-0.25, -0.2) is 14.6 Å². The minimum absolute atomic E-state index is 0.0169. The molecule has 0 aliphatic heterocycles. The van der Waals surface area contributed by atoms with Crippen LogP contribution in [0.15, 0.2) is 5.38 Å². The van der Waals surface area contributed by atoms with Crippen LogP contribution in [0.3, 0.4) is 0 Å². The van der Waals surface area contributed by atoms with Crippen molar-refractivity contribution < 1.29 is 19.8 Å². The van der Waals surface area contributed by atoms with Gasteiger partial charge in [0.1, 0.15) is 5.01 Å². The van der Waals surface area contributed by atoms with Crippen LogP contribution >= 0.6 is 11.3 Å². The van der Waals surface area contributed by atoms with E-state index in [0.717, 1.165) is 0 Å². The van der Waals surface area contributed by atoms with Gasteiger partial charge in [0.05, 0.1) is 12.6 Å². The molecule has 0 saturated heterocycles. The minimum Gasteiger partial charge on any atom is -0.476 e.